The highest BCUT2D eigenvalue weighted by Gasteiger charge is 2.21. The molecule has 0 unspecified atom stereocenters. The van der Waals surface area contributed by atoms with E-state index in [4.69, 9.17) is 0 Å². The van der Waals surface area contributed by atoms with Gasteiger partial charge in [-0.15, -0.1) is 0 Å². The van der Waals surface area contributed by atoms with Gasteiger partial charge in [-0.2, -0.15) is 0 Å². The van der Waals surface area contributed by atoms with Crippen LogP contribution in [0, 0.1) is 6.92 Å². The smallest absolute Gasteiger partial charge is 0.209 e. The van der Waals surface area contributed by atoms with E-state index in [2.05, 4.69) is 6.92 Å². The summed E-state index contributed by atoms with van der Waals surface area (Å²) in [6.07, 6.45) is 0.799. The maximum atomic E-state index is 13.4. The molecular weight excluding hydrogens is 358 g/mol. The number of aryl methyl sites for hydroxylation is 2. The number of pyridine rings is 1. The lowest BCUT2D eigenvalue weighted by molar-refractivity contribution is 0.101. The highest BCUT2D eigenvalue weighted by atomic mass is 16.1. The monoisotopic (exact) mass is 381 g/mol. The van der Waals surface area contributed by atoms with Gasteiger partial charge in [-0.3, -0.25) is 9.59 Å². The Hall–Kier alpha value is -3.46. The van der Waals surface area contributed by atoms with Crippen molar-refractivity contribution in [2.75, 3.05) is 0 Å². The average molecular weight is 381 g/mol. The number of nitrogens with zero attached hydrogens (tertiary/aromatic N) is 1. The van der Waals surface area contributed by atoms with Crippen LogP contribution in [0.3, 0.4) is 0 Å². The maximum absolute atomic E-state index is 13.4. The number of benzene rings is 2. The first kappa shape index (κ1) is 18.9. The highest BCUT2D eigenvalue weighted by molar-refractivity contribution is 6.12. The molecule has 3 heteroatoms. The molecule has 0 atom stereocenters. The van der Waals surface area contributed by atoms with Gasteiger partial charge in [0.15, 0.2) is 5.78 Å². The van der Waals surface area contributed by atoms with Gasteiger partial charge in [0, 0.05) is 16.8 Å². The lowest BCUT2D eigenvalue weighted by Gasteiger charge is -2.10. The van der Waals surface area contributed by atoms with Crippen LogP contribution in [0.15, 0.2) is 72.8 Å². The molecule has 2 aromatic heterocycles. The summed E-state index contributed by atoms with van der Waals surface area (Å²) in [6, 6.07) is 23.5. The minimum Gasteiger partial charge on any atom is -0.310 e. The first-order valence-electron chi connectivity index (χ1n) is 9.86. The summed E-state index contributed by atoms with van der Waals surface area (Å²) >= 11 is 0. The molecule has 0 saturated heterocycles. The third-order valence-corrected chi connectivity index (χ3v) is 5.43. The van der Waals surface area contributed by atoms with Crippen LogP contribution in [0.2, 0.25) is 0 Å². The summed E-state index contributed by atoms with van der Waals surface area (Å²) in [6.45, 7) is 5.58. The number of hydrogen-bond donors (Lipinski definition) is 0. The Balaban J connectivity index is 1.83. The second kappa shape index (κ2) is 7.51. The molecule has 2 aromatic carbocycles. The van der Waals surface area contributed by atoms with Crippen LogP contribution in [0.25, 0.3) is 16.6 Å². The fourth-order valence-electron chi connectivity index (χ4n) is 3.88. The third-order valence-electron chi connectivity index (χ3n) is 5.43. The van der Waals surface area contributed by atoms with Gasteiger partial charge in [-0.25, -0.2) is 0 Å². The lowest BCUT2D eigenvalue weighted by Crippen LogP contribution is -2.07. The van der Waals surface area contributed by atoms with Crippen molar-refractivity contribution in [1.29, 1.82) is 0 Å². The van der Waals surface area contributed by atoms with E-state index in [0.29, 0.717) is 16.8 Å². The number of aromatic nitrogens is 1. The summed E-state index contributed by atoms with van der Waals surface area (Å²) in [7, 11) is 0. The molecule has 4 aromatic rings. The molecule has 0 saturated carbocycles. The second-order valence-corrected chi connectivity index (χ2v) is 7.31. The number of Topliss-reactive ketones (excluding diaryl/α,β-unsaturated/α-hetero) is 1. The SMILES string of the molecule is CCc1ccc(C)n2c(C(=O)c3ccc(-c4ccccc4)cc3)cc(C(C)=O)c12. The molecule has 29 heavy (non-hydrogen) atoms. The van der Waals surface area contributed by atoms with Crippen LogP contribution >= 0.6 is 0 Å². The molecule has 0 radical (unpaired) electrons. The summed E-state index contributed by atoms with van der Waals surface area (Å²) in [5, 5.41) is 0. The molecule has 4 rings (SSSR count). The van der Waals surface area contributed by atoms with E-state index in [1.807, 2.05) is 78.1 Å². The predicted octanol–water partition coefficient (Wildman–Crippen LogP) is 5.91. The zero-order valence-electron chi connectivity index (χ0n) is 16.9. The number of fused-ring (bicyclic) bond motifs is 1. The highest BCUT2D eigenvalue weighted by Crippen LogP contribution is 2.27. The van der Waals surface area contributed by atoms with Crippen LogP contribution in [0.4, 0.5) is 0 Å². The minimum atomic E-state index is -0.0801. The van der Waals surface area contributed by atoms with Crippen LogP contribution in [0.1, 0.15) is 51.5 Å². The first-order valence-corrected chi connectivity index (χ1v) is 9.86. The quantitative estimate of drug-likeness (QED) is 0.403. The summed E-state index contributed by atoms with van der Waals surface area (Å²) in [5.41, 5.74) is 6.79. The second-order valence-electron chi connectivity index (χ2n) is 7.31. The Morgan fingerprint density at radius 2 is 1.52 bits per heavy atom. The molecule has 0 aliphatic carbocycles. The molecule has 0 aliphatic rings. The number of carbonyl (C=O) groups is 2. The predicted molar refractivity (Wildman–Crippen MR) is 117 cm³/mol. The van der Waals surface area contributed by atoms with Crippen molar-refractivity contribution in [3.8, 4) is 11.1 Å². The van der Waals surface area contributed by atoms with Crippen molar-refractivity contribution in [3.63, 3.8) is 0 Å². The van der Waals surface area contributed by atoms with E-state index < -0.39 is 0 Å². The van der Waals surface area contributed by atoms with Crippen molar-refractivity contribution < 1.29 is 9.59 Å². The van der Waals surface area contributed by atoms with Gasteiger partial charge >= 0.3 is 0 Å². The molecule has 144 valence electrons. The topological polar surface area (TPSA) is 38.5 Å². The largest absolute Gasteiger partial charge is 0.310 e. The Labute approximate surface area is 170 Å². The molecule has 0 aliphatic heterocycles. The van der Waals surface area contributed by atoms with E-state index >= 15 is 0 Å². The van der Waals surface area contributed by atoms with Gasteiger partial charge in [0.25, 0.3) is 0 Å². The van der Waals surface area contributed by atoms with Crippen molar-refractivity contribution in [2.45, 2.75) is 27.2 Å². The number of carbonyl (C=O) groups excluding carboxylic acids is 2. The van der Waals surface area contributed by atoms with Gasteiger partial charge in [0.05, 0.1) is 11.2 Å². The van der Waals surface area contributed by atoms with Crippen LogP contribution in [0.5, 0.6) is 0 Å². The van der Waals surface area contributed by atoms with E-state index in [-0.39, 0.29) is 11.6 Å². The Bertz CT molecular complexity index is 1220. The van der Waals surface area contributed by atoms with E-state index in [1.165, 1.54) is 0 Å². The van der Waals surface area contributed by atoms with Gasteiger partial charge < -0.3 is 4.40 Å². The molecule has 2 heterocycles. The number of ketones is 2. The fourth-order valence-corrected chi connectivity index (χ4v) is 3.88. The Morgan fingerprint density at radius 1 is 0.862 bits per heavy atom. The minimum absolute atomic E-state index is 0.0266. The van der Waals surface area contributed by atoms with Crippen molar-refractivity contribution >= 4 is 17.1 Å². The fraction of sp³-hybridized carbons (Fsp3) is 0.154. The first-order chi connectivity index (χ1) is 14.0. The van der Waals surface area contributed by atoms with Gasteiger partial charge in [-0.05, 0) is 49.1 Å². The van der Waals surface area contributed by atoms with Gasteiger partial charge in [0.2, 0.25) is 5.78 Å². The molecule has 0 bridgehead atoms. The zero-order valence-corrected chi connectivity index (χ0v) is 16.9. The molecule has 0 fully saturated rings. The zero-order chi connectivity index (χ0) is 20.5. The summed E-state index contributed by atoms with van der Waals surface area (Å²) in [5.74, 6) is -0.107. The molecule has 0 spiro atoms. The molecular formula is C26H23NO2. The van der Waals surface area contributed by atoms with Gasteiger partial charge in [0.1, 0.15) is 0 Å². The van der Waals surface area contributed by atoms with Crippen molar-refractivity contribution in [2.24, 2.45) is 0 Å². The van der Waals surface area contributed by atoms with E-state index in [1.54, 1.807) is 13.0 Å². The third kappa shape index (κ3) is 3.29. The Kier molecular flexibility index (Phi) is 4.89. The normalized spacial score (nSPS) is 11.0. The van der Waals surface area contributed by atoms with Crippen LogP contribution < -0.4 is 0 Å². The van der Waals surface area contributed by atoms with Crippen LogP contribution in [-0.2, 0) is 6.42 Å². The van der Waals surface area contributed by atoms with E-state index in [0.717, 1.165) is 34.3 Å². The molecule has 0 amide bonds. The maximum Gasteiger partial charge on any atom is 0.209 e. The van der Waals surface area contributed by atoms with Crippen molar-refractivity contribution in [1.82, 2.24) is 4.40 Å². The van der Waals surface area contributed by atoms with Gasteiger partial charge in [-0.1, -0.05) is 67.6 Å². The number of rotatable bonds is 5. The summed E-state index contributed by atoms with van der Waals surface area (Å²) < 4.78 is 1.93. The summed E-state index contributed by atoms with van der Waals surface area (Å²) in [4.78, 5) is 25.7. The molecule has 0 N–H and O–H groups in total. The standard InChI is InChI=1S/C26H23NO2/c1-4-19-11-10-17(2)27-24(16-23(18(3)28)25(19)27)26(29)22-14-12-21(13-15-22)20-8-6-5-7-9-20/h5-16H,4H2,1-3H3. The average Bonchev–Trinajstić information content (AvgIpc) is 3.16. The Morgan fingerprint density at radius 3 is 2.14 bits per heavy atom. The van der Waals surface area contributed by atoms with Crippen molar-refractivity contribution in [3.05, 3.63) is 101 Å². The molecule has 3 nitrogen and oxygen atoms in total. The van der Waals surface area contributed by atoms with E-state index in [9.17, 15) is 9.59 Å². The lowest BCUT2D eigenvalue weighted by atomic mass is 10.0. The number of hydrogen-bond acceptors (Lipinski definition) is 2. The van der Waals surface area contributed by atoms with Crippen LogP contribution in [-0.4, -0.2) is 16.0 Å².